The van der Waals surface area contributed by atoms with Crippen LogP contribution in [0.2, 0.25) is 5.02 Å². The van der Waals surface area contributed by atoms with Gasteiger partial charge in [-0.1, -0.05) is 29.8 Å². The van der Waals surface area contributed by atoms with Gasteiger partial charge in [-0.3, -0.25) is 0 Å². The van der Waals surface area contributed by atoms with Crippen LogP contribution in [0.5, 0.6) is 0 Å². The van der Waals surface area contributed by atoms with Crippen molar-refractivity contribution in [2.24, 2.45) is 0 Å². The fourth-order valence-electron chi connectivity index (χ4n) is 1.87. The van der Waals surface area contributed by atoms with Crippen molar-refractivity contribution >= 4 is 11.6 Å². The lowest BCUT2D eigenvalue weighted by atomic mass is 10.1. The van der Waals surface area contributed by atoms with Gasteiger partial charge in [0.25, 0.3) is 0 Å². The summed E-state index contributed by atoms with van der Waals surface area (Å²) >= 11 is 6.09. The van der Waals surface area contributed by atoms with Crippen LogP contribution in [0.15, 0.2) is 42.5 Å². The van der Waals surface area contributed by atoms with Gasteiger partial charge >= 0.3 is 0 Å². The fourth-order valence-corrected chi connectivity index (χ4v) is 2.11. The van der Waals surface area contributed by atoms with Crippen molar-refractivity contribution in [3.63, 3.8) is 0 Å². The lowest BCUT2D eigenvalue weighted by Crippen LogP contribution is -2.16. The summed E-state index contributed by atoms with van der Waals surface area (Å²) < 4.78 is 12.7. The van der Waals surface area contributed by atoms with Gasteiger partial charge in [-0.05, 0) is 48.4 Å². The fraction of sp³-hybridized carbons (Fsp3) is 0.188. The zero-order valence-electron chi connectivity index (χ0n) is 10.9. The molecule has 0 spiro atoms. The Morgan fingerprint density at radius 1 is 1.15 bits per heavy atom. The minimum Gasteiger partial charge on any atom is -0.312 e. The Hall–Kier alpha value is -1.89. The van der Waals surface area contributed by atoms with Crippen LogP contribution in [0, 0.1) is 17.1 Å². The molecule has 0 aliphatic carbocycles. The van der Waals surface area contributed by atoms with E-state index in [-0.39, 0.29) is 5.82 Å². The first-order chi connectivity index (χ1) is 9.69. The molecule has 2 rings (SSSR count). The van der Waals surface area contributed by atoms with Gasteiger partial charge in [0.05, 0.1) is 11.6 Å². The monoisotopic (exact) mass is 288 g/mol. The van der Waals surface area contributed by atoms with Crippen molar-refractivity contribution in [1.29, 1.82) is 5.26 Å². The van der Waals surface area contributed by atoms with Crippen LogP contribution in [0.25, 0.3) is 0 Å². The van der Waals surface area contributed by atoms with E-state index in [0.717, 1.165) is 24.1 Å². The van der Waals surface area contributed by atoms with E-state index in [9.17, 15) is 4.39 Å². The van der Waals surface area contributed by atoms with Gasteiger partial charge in [0, 0.05) is 11.6 Å². The van der Waals surface area contributed by atoms with Crippen LogP contribution in [0.3, 0.4) is 0 Å². The van der Waals surface area contributed by atoms with E-state index in [1.165, 1.54) is 12.1 Å². The molecule has 2 aromatic rings. The first-order valence-electron chi connectivity index (χ1n) is 6.33. The molecule has 0 atom stereocenters. The average Bonchev–Trinajstić information content (AvgIpc) is 2.46. The van der Waals surface area contributed by atoms with E-state index < -0.39 is 0 Å². The third-order valence-corrected chi connectivity index (χ3v) is 3.35. The first-order valence-corrected chi connectivity index (χ1v) is 6.70. The Morgan fingerprint density at radius 2 is 1.90 bits per heavy atom. The molecule has 0 aliphatic rings. The van der Waals surface area contributed by atoms with Gasteiger partial charge in [0.15, 0.2) is 0 Å². The zero-order valence-corrected chi connectivity index (χ0v) is 11.6. The minimum atomic E-state index is -0.217. The van der Waals surface area contributed by atoms with Crippen molar-refractivity contribution in [3.05, 3.63) is 70.0 Å². The van der Waals surface area contributed by atoms with E-state index >= 15 is 0 Å². The molecule has 20 heavy (non-hydrogen) atoms. The highest BCUT2D eigenvalue weighted by molar-refractivity contribution is 6.31. The van der Waals surface area contributed by atoms with Crippen LogP contribution < -0.4 is 5.32 Å². The molecule has 2 nitrogen and oxygen atoms in total. The molecule has 0 amide bonds. The molecule has 2 aromatic carbocycles. The maximum absolute atomic E-state index is 12.7. The predicted octanol–water partition coefficient (Wildman–Crippen LogP) is 3.68. The molecule has 0 aliphatic heterocycles. The minimum absolute atomic E-state index is 0.217. The van der Waals surface area contributed by atoms with E-state index in [2.05, 4.69) is 11.4 Å². The van der Waals surface area contributed by atoms with E-state index in [1.807, 2.05) is 6.07 Å². The normalized spacial score (nSPS) is 10.2. The molecule has 102 valence electrons. The Bertz CT molecular complexity index is 617. The van der Waals surface area contributed by atoms with Crippen LogP contribution in [-0.2, 0) is 13.0 Å². The number of halogens is 2. The topological polar surface area (TPSA) is 35.8 Å². The highest BCUT2D eigenvalue weighted by Gasteiger charge is 2.01. The van der Waals surface area contributed by atoms with Crippen LogP contribution in [0.4, 0.5) is 4.39 Å². The molecule has 0 saturated carbocycles. The summed E-state index contributed by atoms with van der Waals surface area (Å²) in [5.41, 5.74) is 2.61. The standard InChI is InChI=1S/C16H14ClFN2/c17-16-9-13(10-19)1-4-14(16)11-20-8-7-12-2-5-15(18)6-3-12/h1-6,9,20H,7-8,11H2. The molecule has 0 radical (unpaired) electrons. The van der Waals surface area contributed by atoms with Gasteiger partial charge in [-0.15, -0.1) is 0 Å². The molecule has 0 unspecified atom stereocenters. The van der Waals surface area contributed by atoms with Crippen LogP contribution in [0.1, 0.15) is 16.7 Å². The summed E-state index contributed by atoms with van der Waals surface area (Å²) in [7, 11) is 0. The summed E-state index contributed by atoms with van der Waals surface area (Å²) in [5.74, 6) is -0.217. The molecule has 0 saturated heterocycles. The zero-order chi connectivity index (χ0) is 14.4. The Balaban J connectivity index is 1.81. The third kappa shape index (κ3) is 4.06. The molecule has 0 bridgehead atoms. The Labute approximate surface area is 122 Å². The van der Waals surface area contributed by atoms with Crippen LogP contribution in [-0.4, -0.2) is 6.54 Å². The van der Waals surface area contributed by atoms with Crippen molar-refractivity contribution in [2.75, 3.05) is 6.54 Å². The SMILES string of the molecule is N#Cc1ccc(CNCCc2ccc(F)cc2)c(Cl)c1. The highest BCUT2D eigenvalue weighted by atomic mass is 35.5. The first kappa shape index (κ1) is 14.5. The second kappa shape index (κ2) is 7.04. The molecule has 1 N–H and O–H groups in total. The van der Waals surface area contributed by atoms with Crippen molar-refractivity contribution in [1.82, 2.24) is 5.32 Å². The summed E-state index contributed by atoms with van der Waals surface area (Å²) in [6, 6.07) is 13.8. The molecular formula is C16H14ClFN2. The maximum Gasteiger partial charge on any atom is 0.123 e. The maximum atomic E-state index is 12.7. The average molecular weight is 289 g/mol. The number of rotatable bonds is 5. The van der Waals surface area contributed by atoms with Gasteiger partial charge in [0.1, 0.15) is 5.82 Å². The quantitative estimate of drug-likeness (QED) is 0.852. The number of benzene rings is 2. The van der Waals surface area contributed by atoms with Gasteiger partial charge < -0.3 is 5.32 Å². The van der Waals surface area contributed by atoms with Crippen molar-refractivity contribution in [2.45, 2.75) is 13.0 Å². The smallest absolute Gasteiger partial charge is 0.123 e. The van der Waals surface area contributed by atoms with Gasteiger partial charge in [-0.25, -0.2) is 4.39 Å². The van der Waals surface area contributed by atoms with Gasteiger partial charge in [-0.2, -0.15) is 5.26 Å². The number of hydrogen-bond donors (Lipinski definition) is 1. The Kier molecular flexibility index (Phi) is 5.11. The predicted molar refractivity (Wildman–Crippen MR) is 78.0 cm³/mol. The molecule has 0 fully saturated rings. The third-order valence-electron chi connectivity index (χ3n) is 3.00. The van der Waals surface area contributed by atoms with Crippen LogP contribution >= 0.6 is 11.6 Å². The summed E-state index contributed by atoms with van der Waals surface area (Å²) in [4.78, 5) is 0. The molecule has 0 heterocycles. The number of nitriles is 1. The lowest BCUT2D eigenvalue weighted by Gasteiger charge is -2.07. The molecular weight excluding hydrogens is 275 g/mol. The number of nitrogens with one attached hydrogen (secondary N) is 1. The lowest BCUT2D eigenvalue weighted by molar-refractivity contribution is 0.626. The second-order valence-electron chi connectivity index (χ2n) is 4.47. The summed E-state index contributed by atoms with van der Waals surface area (Å²) in [6.45, 7) is 1.42. The van der Waals surface area contributed by atoms with Crippen molar-refractivity contribution < 1.29 is 4.39 Å². The highest BCUT2D eigenvalue weighted by Crippen LogP contribution is 2.17. The summed E-state index contributed by atoms with van der Waals surface area (Å²) in [5, 5.41) is 12.6. The molecule has 4 heteroatoms. The largest absolute Gasteiger partial charge is 0.312 e. The van der Waals surface area contributed by atoms with Gasteiger partial charge in [0.2, 0.25) is 0 Å². The van der Waals surface area contributed by atoms with E-state index in [4.69, 9.17) is 16.9 Å². The summed E-state index contributed by atoms with van der Waals surface area (Å²) in [6.07, 6.45) is 0.828. The number of hydrogen-bond acceptors (Lipinski definition) is 2. The van der Waals surface area contributed by atoms with E-state index in [1.54, 1.807) is 24.3 Å². The van der Waals surface area contributed by atoms with E-state index in [0.29, 0.717) is 17.1 Å². The van der Waals surface area contributed by atoms with Crippen molar-refractivity contribution in [3.8, 4) is 6.07 Å². The molecule has 0 aromatic heterocycles. The second-order valence-corrected chi connectivity index (χ2v) is 4.88. The Morgan fingerprint density at radius 3 is 2.55 bits per heavy atom. The number of nitrogens with zero attached hydrogens (tertiary/aromatic N) is 1.